The molecule has 0 bridgehead atoms. The van der Waals surface area contributed by atoms with E-state index in [0.717, 1.165) is 13.6 Å². The predicted octanol–water partition coefficient (Wildman–Crippen LogP) is 5.27. The molecule has 9 heteroatoms. The lowest BCUT2D eigenvalue weighted by atomic mass is 9.95. The third-order valence-corrected chi connectivity index (χ3v) is 6.02. The van der Waals surface area contributed by atoms with E-state index in [9.17, 15) is 9.59 Å². The lowest BCUT2D eigenvalue weighted by molar-refractivity contribution is -0.150. The fourth-order valence-electron chi connectivity index (χ4n) is 3.06. The van der Waals surface area contributed by atoms with Crippen molar-refractivity contribution in [1.82, 2.24) is 9.66 Å². The third-order valence-electron chi connectivity index (χ3n) is 4.68. The number of hydrogen-bond donors (Lipinski definition) is 0. The van der Waals surface area contributed by atoms with Crippen LogP contribution in [-0.4, -0.2) is 34.6 Å². The van der Waals surface area contributed by atoms with Gasteiger partial charge in [-0.05, 0) is 78.4 Å². The molecule has 174 valence electrons. The molecule has 0 spiro atoms. The van der Waals surface area contributed by atoms with Gasteiger partial charge in [-0.2, -0.15) is 9.78 Å². The van der Waals surface area contributed by atoms with E-state index in [1.807, 2.05) is 45.0 Å². The monoisotopic (exact) mass is 625 g/mol. The fraction of sp³-hybridized carbons (Fsp3) is 0.333. The van der Waals surface area contributed by atoms with Gasteiger partial charge < -0.3 is 9.47 Å². The van der Waals surface area contributed by atoms with Crippen LogP contribution in [-0.2, 0) is 14.9 Å². The normalized spacial score (nSPS) is 12.8. The second-order valence-electron chi connectivity index (χ2n) is 8.41. The van der Waals surface area contributed by atoms with Crippen LogP contribution in [0.4, 0.5) is 0 Å². The standard InChI is InChI=1S/C24H25BrIN3O4/c1-6-32-22(31)14(2)33-20-10-7-15(11-18(20)26)13-27-29-21(30)17-12-16(25)8-9-19(17)28-23(29)24(3,4)5/h7-14H,6H2,1-5H3/t14-/m1/s1. The van der Waals surface area contributed by atoms with Crippen LogP contribution in [0.25, 0.3) is 10.9 Å². The summed E-state index contributed by atoms with van der Waals surface area (Å²) < 4.78 is 13.7. The topological polar surface area (TPSA) is 82.8 Å². The van der Waals surface area contributed by atoms with Crippen molar-refractivity contribution in [1.29, 1.82) is 0 Å². The van der Waals surface area contributed by atoms with E-state index < -0.39 is 17.5 Å². The Morgan fingerprint density at radius 3 is 2.64 bits per heavy atom. The zero-order chi connectivity index (χ0) is 24.3. The van der Waals surface area contributed by atoms with Gasteiger partial charge in [0.15, 0.2) is 6.10 Å². The van der Waals surface area contributed by atoms with Crippen molar-refractivity contribution in [3.05, 3.63) is 66.2 Å². The van der Waals surface area contributed by atoms with E-state index in [1.54, 1.807) is 32.2 Å². The summed E-state index contributed by atoms with van der Waals surface area (Å²) >= 11 is 5.55. The first-order valence-corrected chi connectivity index (χ1v) is 12.3. The molecule has 0 saturated heterocycles. The van der Waals surface area contributed by atoms with E-state index in [0.29, 0.717) is 29.1 Å². The van der Waals surface area contributed by atoms with Crippen molar-refractivity contribution in [2.45, 2.75) is 46.1 Å². The second kappa shape index (κ2) is 10.3. The average Bonchev–Trinajstić information content (AvgIpc) is 2.74. The average molecular weight is 626 g/mol. The van der Waals surface area contributed by atoms with E-state index >= 15 is 0 Å². The van der Waals surface area contributed by atoms with Crippen LogP contribution in [0.15, 0.2) is 50.8 Å². The highest BCUT2D eigenvalue weighted by atomic mass is 127. The molecule has 0 aliphatic heterocycles. The molecule has 3 aromatic rings. The first kappa shape index (κ1) is 25.4. The number of benzene rings is 2. The maximum absolute atomic E-state index is 13.3. The molecule has 1 aromatic heterocycles. The first-order chi connectivity index (χ1) is 15.5. The molecular formula is C24H25BrIN3O4. The molecular weight excluding hydrogens is 601 g/mol. The molecule has 0 N–H and O–H groups in total. The molecule has 0 aliphatic carbocycles. The molecule has 7 nitrogen and oxygen atoms in total. The molecule has 1 atom stereocenters. The third kappa shape index (κ3) is 6.00. The van der Waals surface area contributed by atoms with Crippen LogP contribution in [0.3, 0.4) is 0 Å². The van der Waals surface area contributed by atoms with E-state index in [4.69, 9.17) is 14.5 Å². The van der Waals surface area contributed by atoms with E-state index in [1.165, 1.54) is 4.68 Å². The smallest absolute Gasteiger partial charge is 0.347 e. The highest BCUT2D eigenvalue weighted by Crippen LogP contribution is 2.24. The summed E-state index contributed by atoms with van der Waals surface area (Å²) in [6.07, 6.45) is 0.900. The Hall–Kier alpha value is -2.27. The number of carbonyl (C=O) groups is 1. The van der Waals surface area contributed by atoms with Crippen molar-refractivity contribution < 1.29 is 14.3 Å². The van der Waals surface area contributed by atoms with Gasteiger partial charge in [-0.15, -0.1) is 0 Å². The predicted molar refractivity (Wildman–Crippen MR) is 141 cm³/mol. The zero-order valence-corrected chi connectivity index (χ0v) is 22.8. The van der Waals surface area contributed by atoms with Gasteiger partial charge >= 0.3 is 5.97 Å². The Morgan fingerprint density at radius 1 is 1.27 bits per heavy atom. The summed E-state index contributed by atoms with van der Waals surface area (Å²) in [4.78, 5) is 29.8. The highest BCUT2D eigenvalue weighted by Gasteiger charge is 2.23. The number of fused-ring (bicyclic) bond motifs is 1. The van der Waals surface area contributed by atoms with Crippen LogP contribution in [0.5, 0.6) is 5.75 Å². The number of halogens is 2. The number of hydrogen-bond acceptors (Lipinski definition) is 6. The van der Waals surface area contributed by atoms with Crippen LogP contribution in [0.1, 0.15) is 46.0 Å². The van der Waals surface area contributed by atoms with Crippen molar-refractivity contribution in [3.8, 4) is 5.75 Å². The number of esters is 1. The van der Waals surface area contributed by atoms with Crippen molar-refractivity contribution in [2.24, 2.45) is 5.10 Å². The fourth-order valence-corrected chi connectivity index (χ4v) is 4.08. The van der Waals surface area contributed by atoms with Gasteiger partial charge in [0.25, 0.3) is 5.56 Å². The number of aromatic nitrogens is 2. The van der Waals surface area contributed by atoms with Gasteiger partial charge in [0.2, 0.25) is 0 Å². The van der Waals surface area contributed by atoms with E-state index in [2.05, 4.69) is 43.6 Å². The summed E-state index contributed by atoms with van der Waals surface area (Å²) in [7, 11) is 0. The molecule has 0 unspecified atom stereocenters. The molecule has 33 heavy (non-hydrogen) atoms. The first-order valence-electron chi connectivity index (χ1n) is 10.4. The van der Waals surface area contributed by atoms with Crippen molar-refractivity contribution >= 4 is 61.6 Å². The summed E-state index contributed by atoms with van der Waals surface area (Å²) in [5, 5.41) is 4.98. The minimum Gasteiger partial charge on any atom is -0.478 e. The minimum atomic E-state index is -0.714. The maximum atomic E-state index is 13.3. The van der Waals surface area contributed by atoms with Gasteiger partial charge in [0, 0.05) is 9.89 Å². The molecule has 0 saturated carbocycles. The molecule has 1 heterocycles. The van der Waals surface area contributed by atoms with Crippen LogP contribution in [0.2, 0.25) is 0 Å². The van der Waals surface area contributed by atoms with Gasteiger partial charge in [0.05, 0.1) is 27.3 Å². The summed E-state index contributed by atoms with van der Waals surface area (Å²) in [6.45, 7) is 9.68. The Balaban J connectivity index is 1.97. The molecule has 0 aliphatic rings. The molecule has 0 fully saturated rings. The van der Waals surface area contributed by atoms with Crippen LogP contribution < -0.4 is 10.3 Å². The van der Waals surface area contributed by atoms with Gasteiger partial charge in [0.1, 0.15) is 11.6 Å². The SMILES string of the molecule is CCOC(=O)[C@@H](C)Oc1ccc(C=Nn2c(C(C)(C)C)nc3ccc(Br)cc3c2=O)cc1I. The Kier molecular flexibility index (Phi) is 7.94. The summed E-state index contributed by atoms with van der Waals surface area (Å²) in [5.74, 6) is 0.720. The molecule has 0 amide bonds. The quantitative estimate of drug-likeness (QED) is 0.212. The minimum absolute atomic E-state index is 0.236. The van der Waals surface area contributed by atoms with Crippen LogP contribution in [0, 0.1) is 3.57 Å². The Morgan fingerprint density at radius 2 is 2.00 bits per heavy atom. The molecule has 2 aromatic carbocycles. The summed E-state index contributed by atoms with van der Waals surface area (Å²) in [6, 6.07) is 10.9. The largest absolute Gasteiger partial charge is 0.478 e. The van der Waals surface area contributed by atoms with Gasteiger partial charge in [-0.3, -0.25) is 4.79 Å². The highest BCUT2D eigenvalue weighted by molar-refractivity contribution is 14.1. The Bertz CT molecular complexity index is 1280. The number of nitrogens with zero attached hydrogens (tertiary/aromatic N) is 3. The number of ether oxygens (including phenoxy) is 2. The second-order valence-corrected chi connectivity index (χ2v) is 10.5. The Labute approximate surface area is 214 Å². The van der Waals surface area contributed by atoms with Crippen molar-refractivity contribution in [3.63, 3.8) is 0 Å². The molecule has 3 rings (SSSR count). The maximum Gasteiger partial charge on any atom is 0.347 e. The lowest BCUT2D eigenvalue weighted by Gasteiger charge is -2.20. The zero-order valence-electron chi connectivity index (χ0n) is 19.1. The lowest BCUT2D eigenvalue weighted by Crippen LogP contribution is -2.29. The van der Waals surface area contributed by atoms with E-state index in [-0.39, 0.29) is 5.56 Å². The van der Waals surface area contributed by atoms with Gasteiger partial charge in [-0.25, -0.2) is 9.78 Å². The summed E-state index contributed by atoms with van der Waals surface area (Å²) in [5.41, 5.74) is 0.774. The van der Waals surface area contributed by atoms with Crippen LogP contribution >= 0.6 is 38.5 Å². The van der Waals surface area contributed by atoms with Crippen molar-refractivity contribution in [2.75, 3.05) is 6.61 Å². The molecule has 0 radical (unpaired) electrons. The van der Waals surface area contributed by atoms with Gasteiger partial charge in [-0.1, -0.05) is 36.7 Å². The number of rotatable bonds is 6. The number of carbonyl (C=O) groups excluding carboxylic acids is 1.